The third kappa shape index (κ3) is 4.13. The monoisotopic (exact) mass is 305 g/mol. The number of hydrogen-bond donors (Lipinski definition) is 1. The number of hydrogen-bond acceptors (Lipinski definition) is 3. The van der Waals surface area contributed by atoms with E-state index in [1.807, 2.05) is 48.5 Å². The fourth-order valence-electron chi connectivity index (χ4n) is 2.01. The van der Waals surface area contributed by atoms with Crippen molar-refractivity contribution in [1.29, 1.82) is 0 Å². The number of rotatable bonds is 7. The maximum atomic E-state index is 6.22. The highest BCUT2D eigenvalue weighted by atomic mass is 35.5. The van der Waals surface area contributed by atoms with E-state index in [-0.39, 0.29) is 6.10 Å². The second-order valence-corrected chi connectivity index (χ2v) is 5.07. The first-order valence-corrected chi connectivity index (χ1v) is 7.47. The average Bonchev–Trinajstić information content (AvgIpc) is 2.52. The molecule has 0 saturated carbocycles. The molecule has 0 fully saturated rings. The zero-order valence-electron chi connectivity index (χ0n) is 12.1. The summed E-state index contributed by atoms with van der Waals surface area (Å²) in [6.07, 6.45) is 0.643. The fourth-order valence-corrected chi connectivity index (χ4v) is 2.26. The quantitative estimate of drug-likeness (QED) is 0.833. The lowest BCUT2D eigenvalue weighted by Gasteiger charge is -2.20. The zero-order chi connectivity index (χ0) is 15.1. The first-order valence-electron chi connectivity index (χ1n) is 7.09. The van der Waals surface area contributed by atoms with Gasteiger partial charge in [-0.1, -0.05) is 48.9 Å². The Kier molecular flexibility index (Phi) is 5.90. The van der Waals surface area contributed by atoms with Crippen LogP contribution >= 0.6 is 11.6 Å². The largest absolute Gasteiger partial charge is 0.490 e. The summed E-state index contributed by atoms with van der Waals surface area (Å²) in [5.41, 5.74) is 6.73. The second-order valence-electron chi connectivity index (χ2n) is 4.66. The summed E-state index contributed by atoms with van der Waals surface area (Å²) < 4.78 is 11.7. The summed E-state index contributed by atoms with van der Waals surface area (Å²) in [7, 11) is 0. The van der Waals surface area contributed by atoms with Crippen LogP contribution in [0.15, 0.2) is 48.5 Å². The molecule has 1 atom stereocenters. The minimum atomic E-state index is -0.301. The molecule has 2 aromatic rings. The first-order chi connectivity index (χ1) is 10.3. The van der Waals surface area contributed by atoms with E-state index in [2.05, 4.69) is 6.92 Å². The fraction of sp³-hybridized carbons (Fsp3) is 0.294. The van der Waals surface area contributed by atoms with Gasteiger partial charge in [0.25, 0.3) is 0 Å². The predicted octanol–water partition coefficient (Wildman–Crippen LogP) is 4.21. The molecule has 0 spiro atoms. The molecule has 21 heavy (non-hydrogen) atoms. The molecule has 0 bridgehead atoms. The molecule has 1 unspecified atom stereocenters. The van der Waals surface area contributed by atoms with Crippen LogP contribution in [0.2, 0.25) is 5.02 Å². The smallest absolute Gasteiger partial charge is 0.162 e. The Labute approximate surface area is 130 Å². The molecular weight excluding hydrogens is 286 g/mol. The number of halogens is 1. The second kappa shape index (κ2) is 7.91. The van der Waals surface area contributed by atoms with E-state index < -0.39 is 0 Å². The Morgan fingerprint density at radius 3 is 2.38 bits per heavy atom. The lowest BCUT2D eigenvalue weighted by Crippen LogP contribution is -2.19. The topological polar surface area (TPSA) is 44.5 Å². The molecule has 0 radical (unpaired) electrons. The van der Waals surface area contributed by atoms with Crippen LogP contribution < -0.4 is 15.2 Å². The maximum absolute atomic E-state index is 6.22. The van der Waals surface area contributed by atoms with Crippen molar-refractivity contribution in [3.05, 3.63) is 59.1 Å². The van der Waals surface area contributed by atoms with Crippen molar-refractivity contribution >= 4 is 11.6 Å². The standard InChI is InChI=1S/C17H20ClNO2/c1-2-11-20-15-9-5-6-10-16(15)21-17(12-19)13-7-3-4-8-14(13)18/h3-10,17H,2,11-12,19H2,1H3. The molecule has 0 amide bonds. The molecule has 2 aromatic carbocycles. The van der Waals surface area contributed by atoms with Crippen LogP contribution in [0, 0.1) is 0 Å². The van der Waals surface area contributed by atoms with E-state index >= 15 is 0 Å². The molecular formula is C17H20ClNO2. The normalized spacial score (nSPS) is 12.0. The molecule has 3 nitrogen and oxygen atoms in total. The van der Waals surface area contributed by atoms with Gasteiger partial charge in [0, 0.05) is 17.1 Å². The van der Waals surface area contributed by atoms with Gasteiger partial charge in [-0.05, 0) is 24.6 Å². The van der Waals surface area contributed by atoms with Gasteiger partial charge in [0.2, 0.25) is 0 Å². The van der Waals surface area contributed by atoms with Crippen molar-refractivity contribution in [2.45, 2.75) is 19.4 Å². The SMILES string of the molecule is CCCOc1ccccc1OC(CN)c1ccccc1Cl. The van der Waals surface area contributed by atoms with Gasteiger partial charge < -0.3 is 15.2 Å². The molecule has 0 aliphatic carbocycles. The highest BCUT2D eigenvalue weighted by Gasteiger charge is 2.16. The Bertz CT molecular complexity index is 574. The lowest BCUT2D eigenvalue weighted by atomic mass is 10.1. The van der Waals surface area contributed by atoms with Gasteiger partial charge in [0.05, 0.1) is 6.61 Å². The third-order valence-electron chi connectivity index (χ3n) is 3.05. The molecule has 2 N–H and O–H groups in total. The minimum absolute atomic E-state index is 0.301. The van der Waals surface area contributed by atoms with Gasteiger partial charge in [-0.25, -0.2) is 0 Å². The van der Waals surface area contributed by atoms with Gasteiger partial charge in [-0.3, -0.25) is 0 Å². The molecule has 0 aliphatic rings. The summed E-state index contributed by atoms with van der Waals surface area (Å²) in [6, 6.07) is 15.2. The lowest BCUT2D eigenvalue weighted by molar-refractivity contribution is 0.198. The number of ether oxygens (including phenoxy) is 2. The Balaban J connectivity index is 2.21. The van der Waals surface area contributed by atoms with Crippen molar-refractivity contribution in [2.75, 3.05) is 13.2 Å². The van der Waals surface area contributed by atoms with Crippen molar-refractivity contribution in [3.63, 3.8) is 0 Å². The van der Waals surface area contributed by atoms with Crippen LogP contribution in [-0.4, -0.2) is 13.2 Å². The van der Waals surface area contributed by atoms with Crippen molar-refractivity contribution in [2.24, 2.45) is 5.73 Å². The zero-order valence-corrected chi connectivity index (χ0v) is 12.8. The summed E-state index contributed by atoms with van der Waals surface area (Å²) >= 11 is 6.22. The highest BCUT2D eigenvalue weighted by Crippen LogP contribution is 2.32. The van der Waals surface area contributed by atoms with E-state index in [0.29, 0.717) is 23.9 Å². The molecule has 112 valence electrons. The Morgan fingerprint density at radius 2 is 1.71 bits per heavy atom. The molecule has 4 heteroatoms. The molecule has 0 aliphatic heterocycles. The van der Waals surface area contributed by atoms with E-state index in [1.54, 1.807) is 0 Å². The van der Waals surface area contributed by atoms with Crippen molar-refractivity contribution in [1.82, 2.24) is 0 Å². The van der Waals surface area contributed by atoms with Gasteiger partial charge in [-0.2, -0.15) is 0 Å². The third-order valence-corrected chi connectivity index (χ3v) is 3.39. The Morgan fingerprint density at radius 1 is 1.05 bits per heavy atom. The summed E-state index contributed by atoms with van der Waals surface area (Å²) in [6.45, 7) is 3.06. The van der Waals surface area contributed by atoms with Gasteiger partial charge in [0.15, 0.2) is 11.5 Å². The van der Waals surface area contributed by atoms with Crippen LogP contribution in [0.3, 0.4) is 0 Å². The van der Waals surface area contributed by atoms with Crippen LogP contribution in [-0.2, 0) is 0 Å². The molecule has 0 aromatic heterocycles. The van der Waals surface area contributed by atoms with Crippen LogP contribution in [0.1, 0.15) is 25.0 Å². The summed E-state index contributed by atoms with van der Waals surface area (Å²) in [4.78, 5) is 0. The van der Waals surface area contributed by atoms with Crippen molar-refractivity contribution in [3.8, 4) is 11.5 Å². The number of benzene rings is 2. The number of para-hydroxylation sites is 2. The molecule has 0 heterocycles. The molecule has 0 saturated heterocycles. The van der Waals surface area contributed by atoms with Crippen LogP contribution in [0.25, 0.3) is 0 Å². The highest BCUT2D eigenvalue weighted by molar-refractivity contribution is 6.31. The van der Waals surface area contributed by atoms with Gasteiger partial charge in [-0.15, -0.1) is 0 Å². The van der Waals surface area contributed by atoms with E-state index in [0.717, 1.165) is 17.7 Å². The van der Waals surface area contributed by atoms with Crippen LogP contribution in [0.4, 0.5) is 0 Å². The van der Waals surface area contributed by atoms with Gasteiger partial charge in [0.1, 0.15) is 6.10 Å². The minimum Gasteiger partial charge on any atom is -0.490 e. The maximum Gasteiger partial charge on any atom is 0.162 e. The van der Waals surface area contributed by atoms with E-state index in [9.17, 15) is 0 Å². The average molecular weight is 306 g/mol. The first kappa shape index (κ1) is 15.7. The summed E-state index contributed by atoms with van der Waals surface area (Å²) in [5.74, 6) is 1.41. The van der Waals surface area contributed by atoms with E-state index in [4.69, 9.17) is 26.8 Å². The van der Waals surface area contributed by atoms with E-state index in [1.165, 1.54) is 0 Å². The Hall–Kier alpha value is -1.71. The van der Waals surface area contributed by atoms with Crippen LogP contribution in [0.5, 0.6) is 11.5 Å². The summed E-state index contributed by atoms with van der Waals surface area (Å²) in [5, 5.41) is 0.653. The van der Waals surface area contributed by atoms with Crippen molar-refractivity contribution < 1.29 is 9.47 Å². The van der Waals surface area contributed by atoms with Gasteiger partial charge >= 0.3 is 0 Å². The predicted molar refractivity (Wildman–Crippen MR) is 86.1 cm³/mol. The number of nitrogens with two attached hydrogens (primary N) is 1. The molecule has 2 rings (SSSR count).